The van der Waals surface area contributed by atoms with Gasteiger partial charge < -0.3 is 23.2 Å². The third-order valence-corrected chi connectivity index (χ3v) is 9.94. The molecular formula is C23H40N4O8P2. The average Bonchev–Trinajstić information content (AvgIpc) is 3.23. The smallest absolute Gasteiger partial charge is 0.356 e. The van der Waals surface area contributed by atoms with E-state index in [0.29, 0.717) is 12.8 Å². The van der Waals surface area contributed by atoms with Gasteiger partial charge in [0, 0.05) is 35.8 Å². The predicted molar refractivity (Wildman–Crippen MR) is 140 cm³/mol. The number of nitrogens with zero attached hydrogens (tertiary/aromatic N) is 3. The lowest BCUT2D eigenvalue weighted by Crippen LogP contribution is -2.52. The summed E-state index contributed by atoms with van der Waals surface area (Å²) in [7, 11) is -5.53. The summed E-state index contributed by atoms with van der Waals surface area (Å²) in [5.41, 5.74) is -1.70. The fraction of sp³-hybridized carbons (Fsp3) is 0.783. The van der Waals surface area contributed by atoms with E-state index in [1.54, 1.807) is 13.8 Å². The predicted octanol–water partition coefficient (Wildman–Crippen LogP) is 3.73. The molecule has 12 nitrogen and oxygen atoms in total. The Morgan fingerprint density at radius 2 is 1.95 bits per heavy atom. The van der Waals surface area contributed by atoms with Gasteiger partial charge >= 0.3 is 13.3 Å². The van der Waals surface area contributed by atoms with E-state index in [-0.39, 0.29) is 50.6 Å². The zero-order chi connectivity index (χ0) is 27.8. The molecule has 1 aliphatic carbocycles. The van der Waals surface area contributed by atoms with Crippen LogP contribution in [0.5, 0.6) is 0 Å². The topological polar surface area (TPSA) is 156 Å². The molecule has 4 atom stereocenters. The molecule has 0 bridgehead atoms. The summed E-state index contributed by atoms with van der Waals surface area (Å²) in [4.78, 5) is 37.5. The van der Waals surface area contributed by atoms with E-state index < -0.39 is 39.0 Å². The first-order valence-corrected chi connectivity index (χ1v) is 15.4. The van der Waals surface area contributed by atoms with Crippen molar-refractivity contribution in [2.24, 2.45) is 5.92 Å². The summed E-state index contributed by atoms with van der Waals surface area (Å²) < 4.78 is 39.1. The fourth-order valence-corrected chi connectivity index (χ4v) is 7.77. The van der Waals surface area contributed by atoms with Gasteiger partial charge in [-0.2, -0.15) is 5.26 Å². The molecule has 0 amide bonds. The third kappa shape index (κ3) is 8.29. The number of aromatic nitrogens is 2. The average molecular weight is 563 g/mol. The Morgan fingerprint density at radius 1 is 1.30 bits per heavy atom. The van der Waals surface area contributed by atoms with Gasteiger partial charge in [-0.3, -0.25) is 18.9 Å². The summed E-state index contributed by atoms with van der Waals surface area (Å²) in [6.07, 6.45) is 1.78. The Bertz CT molecular complexity index is 1060. The Hall–Kier alpha value is -1.41. The molecule has 14 heteroatoms. The number of nitriles is 1. The van der Waals surface area contributed by atoms with Crippen LogP contribution >= 0.6 is 16.1 Å². The molecule has 1 aromatic heterocycles. The molecule has 37 heavy (non-hydrogen) atoms. The molecule has 0 aromatic carbocycles. The highest BCUT2D eigenvalue weighted by atomic mass is 31.2. The monoisotopic (exact) mass is 562 g/mol. The second kappa shape index (κ2) is 14.1. The molecule has 2 N–H and O–H groups in total. The van der Waals surface area contributed by atoms with Gasteiger partial charge in [0.1, 0.15) is 6.35 Å². The highest BCUT2D eigenvalue weighted by molar-refractivity contribution is 7.53. The molecule has 1 aliphatic rings. The van der Waals surface area contributed by atoms with Gasteiger partial charge in [0.05, 0.1) is 38.4 Å². The van der Waals surface area contributed by atoms with Crippen molar-refractivity contribution in [3.8, 4) is 6.07 Å². The van der Waals surface area contributed by atoms with Crippen molar-refractivity contribution in [2.45, 2.75) is 84.5 Å². The fourth-order valence-electron chi connectivity index (χ4n) is 5.02. The summed E-state index contributed by atoms with van der Waals surface area (Å²) in [6, 6.07) is 2.87. The van der Waals surface area contributed by atoms with Gasteiger partial charge in [0.2, 0.25) is 0 Å². The molecule has 1 aromatic rings. The standard InChI is InChI=1S/C23H40N4O8P2/c1-7-34-37(31,35-8-2)16-32-20-15-18(26-12-10-21(28)25-22(26)29)14-19(20)23(5,6)27(17(3)4)36(30)33-13-9-11-24/h10,12,17-20,30H,7-9,13-16H2,1-6H3,(H,25,28,29)/t18-,19-,20+,36?/m0/s1. The van der Waals surface area contributed by atoms with Crippen molar-refractivity contribution < 1.29 is 27.8 Å². The van der Waals surface area contributed by atoms with E-state index in [2.05, 4.69) is 4.98 Å². The molecular weight excluding hydrogens is 522 g/mol. The van der Waals surface area contributed by atoms with Gasteiger partial charge in [-0.1, -0.05) is 0 Å². The van der Waals surface area contributed by atoms with E-state index in [1.165, 1.54) is 16.8 Å². The summed E-state index contributed by atoms with van der Waals surface area (Å²) in [5.74, 6) is -0.243. The SMILES string of the molecule is CCOP(=O)(CO[C@@H]1C[C@@H](n2ccc(=O)[nH]c2=O)C[C@@H]1C(C)(C)N(C(C)C)P(O)OCCC#N)OCC. The van der Waals surface area contributed by atoms with Crippen LogP contribution in [0.2, 0.25) is 0 Å². The molecule has 0 spiro atoms. The number of hydrogen-bond acceptors (Lipinski definition) is 10. The van der Waals surface area contributed by atoms with Crippen LogP contribution in [-0.4, -0.2) is 63.0 Å². The van der Waals surface area contributed by atoms with E-state index in [1.807, 2.05) is 38.4 Å². The maximum absolute atomic E-state index is 13.1. The zero-order valence-corrected chi connectivity index (χ0v) is 24.2. The lowest BCUT2D eigenvalue weighted by molar-refractivity contribution is -0.0145. The normalized spacial score (nSPS) is 21.5. The van der Waals surface area contributed by atoms with Crippen LogP contribution in [0.15, 0.2) is 21.9 Å². The minimum Gasteiger partial charge on any atom is -0.365 e. The van der Waals surface area contributed by atoms with Crippen molar-refractivity contribution in [2.75, 3.05) is 26.2 Å². The van der Waals surface area contributed by atoms with Crippen molar-refractivity contribution in [3.05, 3.63) is 33.1 Å². The number of ether oxygens (including phenoxy) is 1. The highest BCUT2D eigenvalue weighted by Crippen LogP contribution is 2.54. The number of nitrogens with one attached hydrogen (secondary N) is 1. The molecule has 1 heterocycles. The molecule has 1 fully saturated rings. The van der Waals surface area contributed by atoms with Crippen molar-refractivity contribution in [1.29, 1.82) is 5.26 Å². The minimum atomic E-state index is -3.49. The number of rotatable bonds is 15. The van der Waals surface area contributed by atoms with Gasteiger partial charge in [-0.15, -0.1) is 0 Å². The van der Waals surface area contributed by atoms with Gasteiger partial charge in [-0.25, -0.2) is 9.46 Å². The first-order valence-electron chi connectivity index (χ1n) is 12.5. The van der Waals surface area contributed by atoms with E-state index >= 15 is 0 Å². The van der Waals surface area contributed by atoms with Crippen LogP contribution in [0.3, 0.4) is 0 Å². The van der Waals surface area contributed by atoms with Crippen LogP contribution in [0, 0.1) is 17.2 Å². The Labute approximate surface area is 219 Å². The first-order chi connectivity index (χ1) is 17.4. The second-order valence-electron chi connectivity index (χ2n) is 9.62. The van der Waals surface area contributed by atoms with E-state index in [9.17, 15) is 19.0 Å². The molecule has 210 valence electrons. The number of aromatic amines is 1. The third-order valence-electron chi connectivity index (χ3n) is 6.41. The highest BCUT2D eigenvalue weighted by Gasteiger charge is 2.50. The first kappa shape index (κ1) is 31.8. The van der Waals surface area contributed by atoms with Crippen molar-refractivity contribution in [1.82, 2.24) is 14.2 Å². The van der Waals surface area contributed by atoms with Gasteiger partial charge in [0.25, 0.3) is 14.1 Å². The van der Waals surface area contributed by atoms with Crippen LogP contribution < -0.4 is 11.2 Å². The molecule has 2 rings (SSSR count). The summed E-state index contributed by atoms with van der Waals surface area (Å²) in [6.45, 7) is 11.8. The number of hydrogen-bond donors (Lipinski definition) is 2. The number of H-pyrrole nitrogens is 1. The van der Waals surface area contributed by atoms with Crippen LogP contribution in [0.4, 0.5) is 0 Å². The van der Waals surface area contributed by atoms with Crippen molar-refractivity contribution >= 4 is 16.1 Å². The molecule has 0 saturated heterocycles. The quantitative estimate of drug-likeness (QED) is 0.238. The molecule has 1 unspecified atom stereocenters. The summed E-state index contributed by atoms with van der Waals surface area (Å²) >= 11 is 0. The molecule has 0 radical (unpaired) electrons. The van der Waals surface area contributed by atoms with E-state index in [4.69, 9.17) is 23.6 Å². The Kier molecular flexibility index (Phi) is 12.1. The maximum atomic E-state index is 13.1. The lowest BCUT2D eigenvalue weighted by atomic mass is 9.83. The van der Waals surface area contributed by atoms with Crippen LogP contribution in [0.1, 0.15) is 66.8 Å². The molecule has 0 aliphatic heterocycles. The minimum absolute atomic E-state index is 0.101. The van der Waals surface area contributed by atoms with Crippen molar-refractivity contribution in [3.63, 3.8) is 0 Å². The largest absolute Gasteiger partial charge is 0.365 e. The van der Waals surface area contributed by atoms with E-state index in [0.717, 1.165) is 0 Å². The van der Waals surface area contributed by atoms with Gasteiger partial charge in [0.15, 0.2) is 0 Å². The Balaban J connectivity index is 2.41. The van der Waals surface area contributed by atoms with Crippen LogP contribution in [-0.2, 0) is 22.9 Å². The Morgan fingerprint density at radius 3 is 2.49 bits per heavy atom. The zero-order valence-electron chi connectivity index (χ0n) is 22.5. The van der Waals surface area contributed by atoms with Crippen LogP contribution in [0.25, 0.3) is 0 Å². The lowest BCUT2D eigenvalue weighted by Gasteiger charge is -2.47. The van der Waals surface area contributed by atoms with Gasteiger partial charge in [-0.05, 0) is 54.4 Å². The maximum Gasteiger partial charge on any atom is 0.356 e. The summed E-state index contributed by atoms with van der Waals surface area (Å²) in [5, 5.41) is 8.84. The molecule has 1 saturated carbocycles. The second-order valence-corrected chi connectivity index (χ2v) is 12.8.